The van der Waals surface area contributed by atoms with Crippen molar-refractivity contribution in [2.75, 3.05) is 18.0 Å². The third-order valence-corrected chi connectivity index (χ3v) is 6.72. The highest BCUT2D eigenvalue weighted by Crippen LogP contribution is 2.27. The second-order valence-electron chi connectivity index (χ2n) is 9.68. The fourth-order valence-electron chi connectivity index (χ4n) is 4.26. The Morgan fingerprint density at radius 3 is 1.75 bits per heavy atom. The summed E-state index contributed by atoms with van der Waals surface area (Å²) in [6.45, 7) is 10.5. The van der Waals surface area contributed by atoms with Crippen LogP contribution in [0.1, 0.15) is 50.3 Å². The van der Waals surface area contributed by atoms with E-state index in [0.29, 0.717) is 0 Å². The van der Waals surface area contributed by atoms with Gasteiger partial charge in [-0.25, -0.2) is 0 Å². The minimum atomic E-state index is 0.797. The van der Waals surface area contributed by atoms with Crippen molar-refractivity contribution in [3.8, 4) is 0 Å². The Morgan fingerprint density at radius 2 is 1.18 bits per heavy atom. The molecule has 0 bridgehead atoms. The average molecular weight is 531 g/mol. The summed E-state index contributed by atoms with van der Waals surface area (Å²) in [5.41, 5.74) is 8.76. The van der Waals surface area contributed by atoms with Gasteiger partial charge < -0.3 is 4.90 Å². The molecule has 4 rings (SSSR count). The summed E-state index contributed by atoms with van der Waals surface area (Å²) in [7, 11) is 0. The minimum Gasteiger partial charge on any atom is -0.372 e. The van der Waals surface area contributed by atoms with Crippen LogP contribution in [-0.2, 0) is 6.42 Å². The first-order valence-electron chi connectivity index (χ1n) is 14.1. The van der Waals surface area contributed by atoms with E-state index in [2.05, 4.69) is 75.4 Å². The van der Waals surface area contributed by atoms with Gasteiger partial charge in [0.2, 0.25) is 0 Å². The molecule has 0 aliphatic carbocycles. The zero-order valence-corrected chi connectivity index (χ0v) is 24.0. The van der Waals surface area contributed by atoms with Crippen LogP contribution in [0.4, 0.5) is 34.1 Å². The first kappa shape index (κ1) is 28.6. The van der Waals surface area contributed by atoms with Crippen LogP contribution in [0.25, 0.3) is 0 Å². The first-order chi connectivity index (χ1) is 19.6. The molecule has 0 saturated heterocycles. The van der Waals surface area contributed by atoms with E-state index in [1.807, 2.05) is 79.9 Å². The molecule has 0 amide bonds. The lowest BCUT2D eigenvalue weighted by atomic mass is 10.1. The molecular weight excluding hydrogens is 492 g/mol. The SMILES string of the molecule is CCCCc1ccc(N=Nc2ccc(N=Cc3ccc(N=Nc4ccc(N(CC)CC)cc4)cc3)cc2C)cc1. The van der Waals surface area contributed by atoms with Crippen LogP contribution < -0.4 is 4.90 Å². The van der Waals surface area contributed by atoms with Gasteiger partial charge in [0.25, 0.3) is 0 Å². The van der Waals surface area contributed by atoms with Crippen molar-refractivity contribution in [2.45, 2.75) is 47.0 Å². The Balaban J connectivity index is 1.33. The summed E-state index contributed by atoms with van der Waals surface area (Å²) in [4.78, 5) is 6.94. The standard InChI is InChI=1S/C34H38N6/c1-5-8-9-27-10-14-30(15-11-27)38-39-34-23-20-32(24-26(34)4)35-25-28-12-16-29(17-13-28)36-37-31-18-21-33(22-19-31)40(6-2)7-3/h10-25H,5-9H2,1-4H3. The molecule has 0 fully saturated rings. The largest absolute Gasteiger partial charge is 0.372 e. The summed E-state index contributed by atoms with van der Waals surface area (Å²) < 4.78 is 0. The van der Waals surface area contributed by atoms with Gasteiger partial charge in [0.1, 0.15) is 0 Å². The zero-order chi connectivity index (χ0) is 28.2. The summed E-state index contributed by atoms with van der Waals surface area (Å²) in [6, 6.07) is 30.3. The quantitative estimate of drug-likeness (QED) is 0.133. The number of aliphatic imine (C=N–C) groups is 1. The Hall–Kier alpha value is -4.45. The van der Waals surface area contributed by atoms with Crippen molar-refractivity contribution >= 4 is 40.3 Å². The number of anilines is 1. The highest BCUT2D eigenvalue weighted by atomic mass is 15.1. The van der Waals surface area contributed by atoms with Gasteiger partial charge in [-0.15, -0.1) is 0 Å². The number of unbranched alkanes of at least 4 members (excludes halogenated alkanes) is 1. The highest BCUT2D eigenvalue weighted by Gasteiger charge is 2.02. The molecule has 4 aromatic rings. The smallest absolute Gasteiger partial charge is 0.0887 e. The molecule has 0 radical (unpaired) electrons. The zero-order valence-electron chi connectivity index (χ0n) is 24.0. The topological polar surface area (TPSA) is 65.0 Å². The Kier molecular flexibility index (Phi) is 10.4. The number of azo groups is 2. The van der Waals surface area contributed by atoms with Crippen molar-refractivity contribution < 1.29 is 0 Å². The molecule has 0 aliphatic rings. The maximum absolute atomic E-state index is 4.64. The van der Waals surface area contributed by atoms with Gasteiger partial charge in [-0.3, -0.25) is 4.99 Å². The second-order valence-corrected chi connectivity index (χ2v) is 9.68. The number of hydrogen-bond acceptors (Lipinski definition) is 6. The van der Waals surface area contributed by atoms with E-state index in [1.54, 1.807) is 0 Å². The van der Waals surface area contributed by atoms with Gasteiger partial charge in [-0.2, -0.15) is 20.5 Å². The lowest BCUT2D eigenvalue weighted by molar-refractivity contribution is 0.795. The lowest BCUT2D eigenvalue weighted by Gasteiger charge is -2.20. The van der Waals surface area contributed by atoms with Gasteiger partial charge in [-0.05, 0) is 117 Å². The van der Waals surface area contributed by atoms with E-state index in [0.717, 1.165) is 59.1 Å². The number of benzene rings is 4. The first-order valence-corrected chi connectivity index (χ1v) is 14.1. The molecule has 4 aromatic carbocycles. The molecule has 204 valence electrons. The number of aryl methyl sites for hydroxylation is 2. The van der Waals surface area contributed by atoms with Crippen LogP contribution >= 0.6 is 0 Å². The van der Waals surface area contributed by atoms with E-state index < -0.39 is 0 Å². The van der Waals surface area contributed by atoms with Crippen LogP contribution in [0.15, 0.2) is 116 Å². The normalized spacial score (nSPS) is 11.7. The van der Waals surface area contributed by atoms with Crippen molar-refractivity contribution in [2.24, 2.45) is 25.4 Å². The Bertz CT molecular complexity index is 1430. The molecule has 0 saturated carbocycles. The second kappa shape index (κ2) is 14.6. The molecule has 0 aliphatic heterocycles. The van der Waals surface area contributed by atoms with Gasteiger partial charge >= 0.3 is 0 Å². The molecule has 0 spiro atoms. The van der Waals surface area contributed by atoms with Crippen molar-refractivity contribution in [3.05, 3.63) is 108 Å². The van der Waals surface area contributed by atoms with Gasteiger partial charge in [-0.1, -0.05) is 37.6 Å². The van der Waals surface area contributed by atoms with Crippen LogP contribution in [-0.4, -0.2) is 19.3 Å². The Morgan fingerprint density at radius 1 is 0.625 bits per heavy atom. The average Bonchev–Trinajstić information content (AvgIpc) is 3.00. The number of hydrogen-bond donors (Lipinski definition) is 0. The monoisotopic (exact) mass is 530 g/mol. The summed E-state index contributed by atoms with van der Waals surface area (Å²) in [5.74, 6) is 0. The van der Waals surface area contributed by atoms with E-state index >= 15 is 0 Å². The fourth-order valence-corrected chi connectivity index (χ4v) is 4.26. The highest BCUT2D eigenvalue weighted by molar-refractivity contribution is 5.82. The van der Waals surface area contributed by atoms with E-state index in [9.17, 15) is 0 Å². The number of nitrogens with zero attached hydrogens (tertiary/aromatic N) is 6. The van der Waals surface area contributed by atoms with Crippen LogP contribution in [0.3, 0.4) is 0 Å². The molecule has 6 nitrogen and oxygen atoms in total. The molecule has 0 N–H and O–H groups in total. The molecule has 40 heavy (non-hydrogen) atoms. The summed E-state index contributed by atoms with van der Waals surface area (Å²) >= 11 is 0. The van der Waals surface area contributed by atoms with Crippen molar-refractivity contribution in [1.82, 2.24) is 0 Å². The predicted octanol–water partition coefficient (Wildman–Crippen LogP) is 10.8. The third-order valence-electron chi connectivity index (χ3n) is 6.72. The fraction of sp³-hybridized carbons (Fsp3) is 0.265. The number of rotatable bonds is 12. The van der Waals surface area contributed by atoms with E-state index in [-0.39, 0.29) is 0 Å². The van der Waals surface area contributed by atoms with Crippen LogP contribution in [0, 0.1) is 6.92 Å². The van der Waals surface area contributed by atoms with Crippen LogP contribution in [0.2, 0.25) is 0 Å². The third kappa shape index (κ3) is 8.27. The molecule has 0 atom stereocenters. The minimum absolute atomic E-state index is 0.797. The predicted molar refractivity (Wildman–Crippen MR) is 168 cm³/mol. The molecule has 0 heterocycles. The molecular formula is C34H38N6. The van der Waals surface area contributed by atoms with E-state index in [4.69, 9.17) is 0 Å². The van der Waals surface area contributed by atoms with Crippen LogP contribution in [0.5, 0.6) is 0 Å². The molecule has 0 unspecified atom stereocenters. The molecule has 0 aromatic heterocycles. The van der Waals surface area contributed by atoms with E-state index in [1.165, 1.54) is 24.1 Å². The van der Waals surface area contributed by atoms with Gasteiger partial charge in [0.15, 0.2) is 0 Å². The summed E-state index contributed by atoms with van der Waals surface area (Å²) in [5, 5.41) is 17.6. The van der Waals surface area contributed by atoms with Gasteiger partial charge in [0, 0.05) is 25.0 Å². The van der Waals surface area contributed by atoms with Crippen molar-refractivity contribution in [1.29, 1.82) is 0 Å². The summed E-state index contributed by atoms with van der Waals surface area (Å²) in [6.07, 6.45) is 5.37. The maximum atomic E-state index is 4.64. The van der Waals surface area contributed by atoms with Crippen molar-refractivity contribution in [3.63, 3.8) is 0 Å². The maximum Gasteiger partial charge on any atom is 0.0887 e. The van der Waals surface area contributed by atoms with Gasteiger partial charge in [0.05, 0.1) is 28.4 Å². The molecule has 6 heteroatoms. The Labute approximate surface area is 238 Å². The lowest BCUT2D eigenvalue weighted by Crippen LogP contribution is -2.21.